The summed E-state index contributed by atoms with van der Waals surface area (Å²) in [5.41, 5.74) is 22.8. The Morgan fingerprint density at radius 2 is 0.788 bits per heavy atom. The van der Waals surface area contributed by atoms with Crippen molar-refractivity contribution in [2.24, 2.45) is 0 Å². The standard InChI is InChI=1S/C64H47NO/c1-63(2)56-17-11-10-16-51(56)53-32-29-48(38-58(53)63)65(47-27-22-43(23-28-47)42-20-18-41(19-21-42)40-12-6-5-7-13-40)49-30-33-54-52-31-24-46(37-57(52)64(3,4)59(54)39-49)45-26-34-60-55(36-45)62-50-15-9-8-14-44(50)25-35-61(62)66-60/h5-39H,1-4H3. The molecule has 0 N–H and O–H groups in total. The maximum absolute atomic E-state index is 6.38. The van der Waals surface area contributed by atoms with Gasteiger partial charge in [0, 0.05) is 38.7 Å². The van der Waals surface area contributed by atoms with E-state index in [-0.39, 0.29) is 10.8 Å². The molecule has 2 aliphatic rings. The van der Waals surface area contributed by atoms with Gasteiger partial charge in [-0.15, -0.1) is 0 Å². The van der Waals surface area contributed by atoms with Gasteiger partial charge in [-0.3, -0.25) is 0 Å². The molecule has 13 rings (SSSR count). The zero-order valence-electron chi connectivity index (χ0n) is 37.6. The lowest BCUT2D eigenvalue weighted by molar-refractivity contribution is 0.660. The minimum Gasteiger partial charge on any atom is -0.456 e. The van der Waals surface area contributed by atoms with E-state index in [0.717, 1.165) is 33.6 Å². The van der Waals surface area contributed by atoms with E-state index in [9.17, 15) is 0 Å². The molecule has 66 heavy (non-hydrogen) atoms. The van der Waals surface area contributed by atoms with Gasteiger partial charge in [0.1, 0.15) is 11.2 Å². The molecule has 0 radical (unpaired) electrons. The number of rotatable bonds is 6. The van der Waals surface area contributed by atoms with E-state index < -0.39 is 0 Å². The normalized spacial score (nSPS) is 14.0. The highest BCUT2D eigenvalue weighted by atomic mass is 16.3. The molecule has 0 unspecified atom stereocenters. The van der Waals surface area contributed by atoms with Crippen LogP contribution in [0.1, 0.15) is 49.9 Å². The van der Waals surface area contributed by atoms with Crippen LogP contribution in [0, 0.1) is 0 Å². The van der Waals surface area contributed by atoms with Gasteiger partial charge < -0.3 is 9.32 Å². The van der Waals surface area contributed by atoms with Crippen LogP contribution in [0.3, 0.4) is 0 Å². The Morgan fingerprint density at radius 3 is 1.48 bits per heavy atom. The largest absolute Gasteiger partial charge is 0.456 e. The summed E-state index contributed by atoms with van der Waals surface area (Å²) in [5.74, 6) is 0. The maximum Gasteiger partial charge on any atom is 0.136 e. The second-order valence-electron chi connectivity index (χ2n) is 19.3. The summed E-state index contributed by atoms with van der Waals surface area (Å²) >= 11 is 0. The lowest BCUT2D eigenvalue weighted by atomic mass is 9.81. The molecule has 11 aromatic rings. The van der Waals surface area contributed by atoms with Crippen LogP contribution in [0.2, 0.25) is 0 Å². The predicted octanol–water partition coefficient (Wildman–Crippen LogP) is 17.8. The minimum atomic E-state index is -0.234. The molecule has 0 saturated heterocycles. The first-order valence-electron chi connectivity index (χ1n) is 23.2. The summed E-state index contributed by atoms with van der Waals surface area (Å²) in [6.45, 7) is 9.51. The number of nitrogens with zero attached hydrogens (tertiary/aromatic N) is 1. The first-order chi connectivity index (χ1) is 32.2. The van der Waals surface area contributed by atoms with Crippen LogP contribution in [-0.4, -0.2) is 0 Å². The fraction of sp³-hybridized carbons (Fsp3) is 0.0938. The van der Waals surface area contributed by atoms with Crippen molar-refractivity contribution in [1.29, 1.82) is 0 Å². The molecule has 2 aliphatic carbocycles. The van der Waals surface area contributed by atoms with Crippen LogP contribution in [0.15, 0.2) is 217 Å². The third-order valence-electron chi connectivity index (χ3n) is 14.9. The Hall–Kier alpha value is -7.94. The second kappa shape index (κ2) is 14.3. The maximum atomic E-state index is 6.38. The summed E-state index contributed by atoms with van der Waals surface area (Å²) < 4.78 is 6.38. The first kappa shape index (κ1) is 38.5. The Labute approximate surface area is 386 Å². The molecule has 0 aliphatic heterocycles. The van der Waals surface area contributed by atoms with Crippen molar-refractivity contribution in [3.05, 3.63) is 235 Å². The minimum absolute atomic E-state index is 0.119. The first-order valence-corrected chi connectivity index (χ1v) is 23.2. The number of anilines is 3. The van der Waals surface area contributed by atoms with Gasteiger partial charge in [0.2, 0.25) is 0 Å². The fourth-order valence-corrected chi connectivity index (χ4v) is 11.3. The summed E-state index contributed by atoms with van der Waals surface area (Å²) in [4.78, 5) is 2.46. The molecular weight excluding hydrogens is 799 g/mol. The van der Waals surface area contributed by atoms with E-state index >= 15 is 0 Å². The Balaban J connectivity index is 0.896. The van der Waals surface area contributed by atoms with Crippen molar-refractivity contribution in [1.82, 2.24) is 0 Å². The van der Waals surface area contributed by atoms with Crippen molar-refractivity contribution in [3.63, 3.8) is 0 Å². The van der Waals surface area contributed by atoms with E-state index in [1.54, 1.807) is 0 Å². The predicted molar refractivity (Wildman–Crippen MR) is 277 cm³/mol. The Morgan fingerprint density at radius 1 is 0.318 bits per heavy atom. The number of benzene rings is 10. The highest BCUT2D eigenvalue weighted by molar-refractivity contribution is 6.19. The summed E-state index contributed by atoms with van der Waals surface area (Å²) in [5, 5.41) is 4.78. The van der Waals surface area contributed by atoms with Gasteiger partial charge in [0.05, 0.1) is 0 Å². The monoisotopic (exact) mass is 845 g/mol. The van der Waals surface area contributed by atoms with Gasteiger partial charge in [0.15, 0.2) is 0 Å². The van der Waals surface area contributed by atoms with Gasteiger partial charge in [-0.2, -0.15) is 0 Å². The molecule has 2 nitrogen and oxygen atoms in total. The van der Waals surface area contributed by atoms with E-state index in [0.29, 0.717) is 0 Å². The zero-order chi connectivity index (χ0) is 44.3. The molecule has 0 spiro atoms. The van der Waals surface area contributed by atoms with Crippen LogP contribution in [0.5, 0.6) is 0 Å². The zero-order valence-corrected chi connectivity index (χ0v) is 37.6. The van der Waals surface area contributed by atoms with Crippen LogP contribution in [-0.2, 0) is 10.8 Å². The average Bonchev–Trinajstić information content (AvgIpc) is 3.93. The van der Waals surface area contributed by atoms with Crippen LogP contribution in [0.4, 0.5) is 17.1 Å². The molecule has 0 bridgehead atoms. The number of hydrogen-bond donors (Lipinski definition) is 0. The smallest absolute Gasteiger partial charge is 0.136 e. The Kier molecular flexibility index (Phi) is 8.33. The van der Waals surface area contributed by atoms with Gasteiger partial charge in [-0.1, -0.05) is 179 Å². The fourth-order valence-electron chi connectivity index (χ4n) is 11.3. The van der Waals surface area contributed by atoms with Gasteiger partial charge in [0.25, 0.3) is 0 Å². The molecule has 0 saturated carbocycles. The number of fused-ring (bicyclic) bond motifs is 11. The number of hydrogen-bond acceptors (Lipinski definition) is 2. The Bertz CT molecular complexity index is 3740. The molecule has 0 amide bonds. The van der Waals surface area contributed by atoms with Gasteiger partial charge in [-0.05, 0) is 149 Å². The van der Waals surface area contributed by atoms with E-state index in [2.05, 4.69) is 245 Å². The third-order valence-corrected chi connectivity index (χ3v) is 14.9. The highest BCUT2D eigenvalue weighted by Crippen LogP contribution is 2.54. The molecule has 1 aromatic heterocycles. The second-order valence-corrected chi connectivity index (χ2v) is 19.3. The summed E-state index contributed by atoms with van der Waals surface area (Å²) in [6, 6.07) is 78.4. The SMILES string of the molecule is CC1(C)c2ccccc2-c2ccc(N(c3ccc(-c4ccc(-c5ccccc5)cc4)cc3)c3ccc4c(c3)C(C)(C)c3cc(-c5ccc6oc7ccc8ccccc8c7c6c5)ccc3-4)cc21. The van der Waals surface area contributed by atoms with Gasteiger partial charge >= 0.3 is 0 Å². The van der Waals surface area contributed by atoms with Crippen molar-refractivity contribution >= 4 is 49.8 Å². The van der Waals surface area contributed by atoms with Crippen LogP contribution < -0.4 is 4.90 Å². The molecular formula is C64H47NO. The number of furan rings is 1. The molecule has 1 heterocycles. The lowest BCUT2D eigenvalue weighted by Gasteiger charge is -2.30. The molecule has 0 atom stereocenters. The molecule has 2 heteroatoms. The molecule has 314 valence electrons. The van der Waals surface area contributed by atoms with E-state index in [1.165, 1.54) is 94.0 Å². The molecule has 10 aromatic carbocycles. The average molecular weight is 846 g/mol. The third kappa shape index (κ3) is 5.81. The van der Waals surface area contributed by atoms with E-state index in [1.807, 2.05) is 0 Å². The van der Waals surface area contributed by atoms with Crippen molar-refractivity contribution in [2.45, 2.75) is 38.5 Å². The van der Waals surface area contributed by atoms with Crippen molar-refractivity contribution in [3.8, 4) is 55.6 Å². The quantitative estimate of drug-likeness (QED) is 0.166. The van der Waals surface area contributed by atoms with Crippen LogP contribution >= 0.6 is 0 Å². The van der Waals surface area contributed by atoms with Gasteiger partial charge in [-0.25, -0.2) is 0 Å². The van der Waals surface area contributed by atoms with Crippen molar-refractivity contribution in [2.75, 3.05) is 4.90 Å². The van der Waals surface area contributed by atoms with Crippen LogP contribution in [0.25, 0.3) is 88.3 Å². The summed E-state index contributed by atoms with van der Waals surface area (Å²) in [7, 11) is 0. The van der Waals surface area contributed by atoms with Crippen molar-refractivity contribution < 1.29 is 4.42 Å². The molecule has 0 fully saturated rings. The highest BCUT2D eigenvalue weighted by Gasteiger charge is 2.38. The lowest BCUT2D eigenvalue weighted by Crippen LogP contribution is -2.18. The topological polar surface area (TPSA) is 16.4 Å². The van der Waals surface area contributed by atoms with E-state index in [4.69, 9.17) is 4.42 Å². The summed E-state index contributed by atoms with van der Waals surface area (Å²) in [6.07, 6.45) is 0.